The van der Waals surface area contributed by atoms with Gasteiger partial charge in [0.05, 0.1) is 30.3 Å². The summed E-state index contributed by atoms with van der Waals surface area (Å²) < 4.78 is 16.6. The fourth-order valence-corrected chi connectivity index (χ4v) is 4.67. The lowest BCUT2D eigenvalue weighted by atomic mass is 9.71. The van der Waals surface area contributed by atoms with Crippen LogP contribution in [0, 0.1) is 16.0 Å². The van der Waals surface area contributed by atoms with Gasteiger partial charge in [-0.15, -0.1) is 0 Å². The molecule has 0 aliphatic carbocycles. The maximum absolute atomic E-state index is 13.2. The number of carbonyl (C=O) groups is 2. The van der Waals surface area contributed by atoms with Crippen molar-refractivity contribution in [1.82, 2.24) is 4.90 Å². The summed E-state index contributed by atoms with van der Waals surface area (Å²) in [6, 6.07) is 5.94. The van der Waals surface area contributed by atoms with Crippen molar-refractivity contribution in [1.29, 1.82) is 0 Å². The average Bonchev–Trinajstić information content (AvgIpc) is 3.02. The summed E-state index contributed by atoms with van der Waals surface area (Å²) in [4.78, 5) is 38.8. The second-order valence-corrected chi connectivity index (χ2v) is 7.64. The minimum Gasteiger partial charge on any atom is -0.466 e. The first-order valence-corrected chi connectivity index (χ1v) is 9.81. The number of nitro benzene ring substituents is 1. The molecule has 9 heteroatoms. The molecule has 4 unspecified atom stereocenters. The minimum absolute atomic E-state index is 0.134. The van der Waals surface area contributed by atoms with Crippen molar-refractivity contribution in [2.24, 2.45) is 5.92 Å². The van der Waals surface area contributed by atoms with Gasteiger partial charge in [-0.25, -0.2) is 4.79 Å². The van der Waals surface area contributed by atoms with Crippen LogP contribution in [-0.2, 0) is 23.8 Å². The number of fused-ring (bicyclic) bond motifs is 1. The molecular weight excluding hydrogens is 392 g/mol. The zero-order valence-corrected chi connectivity index (χ0v) is 17.7. The predicted octanol–water partition coefficient (Wildman–Crippen LogP) is 2.76. The number of carbonyl (C=O) groups excluding carboxylic acids is 2. The fraction of sp³-hybridized carbons (Fsp3) is 0.524. The Labute approximate surface area is 174 Å². The predicted molar refractivity (Wildman–Crippen MR) is 106 cm³/mol. The summed E-state index contributed by atoms with van der Waals surface area (Å²) in [7, 11) is 1.27. The van der Waals surface area contributed by atoms with Crippen molar-refractivity contribution in [2.75, 3.05) is 20.3 Å². The van der Waals surface area contributed by atoms with Gasteiger partial charge in [-0.3, -0.25) is 14.9 Å². The highest BCUT2D eigenvalue weighted by atomic mass is 16.6. The van der Waals surface area contributed by atoms with Crippen molar-refractivity contribution in [3.63, 3.8) is 0 Å². The third-order valence-corrected chi connectivity index (χ3v) is 5.82. The lowest BCUT2D eigenvalue weighted by molar-refractivity contribution is -0.384. The third kappa shape index (κ3) is 3.43. The topological polar surface area (TPSA) is 108 Å². The fourth-order valence-electron chi connectivity index (χ4n) is 4.67. The van der Waals surface area contributed by atoms with Gasteiger partial charge in [0, 0.05) is 30.3 Å². The van der Waals surface area contributed by atoms with E-state index in [9.17, 15) is 19.7 Å². The highest BCUT2D eigenvalue weighted by Crippen LogP contribution is 2.52. The maximum Gasteiger partial charge on any atom is 0.336 e. The van der Waals surface area contributed by atoms with E-state index in [1.165, 1.54) is 25.3 Å². The van der Waals surface area contributed by atoms with Crippen LogP contribution >= 0.6 is 0 Å². The average molecular weight is 418 g/mol. The molecule has 1 saturated heterocycles. The Hall–Kier alpha value is -2.94. The van der Waals surface area contributed by atoms with Gasteiger partial charge in [0.1, 0.15) is 5.92 Å². The summed E-state index contributed by atoms with van der Waals surface area (Å²) in [6.45, 7) is 7.79. The first kappa shape index (κ1) is 21.8. The number of rotatable bonds is 5. The second-order valence-electron chi connectivity index (χ2n) is 7.64. The van der Waals surface area contributed by atoms with E-state index in [4.69, 9.17) is 14.2 Å². The molecule has 0 saturated carbocycles. The van der Waals surface area contributed by atoms with E-state index in [-0.39, 0.29) is 24.0 Å². The van der Waals surface area contributed by atoms with Gasteiger partial charge in [0.2, 0.25) is 0 Å². The highest BCUT2D eigenvalue weighted by molar-refractivity contribution is 5.93. The van der Waals surface area contributed by atoms with Crippen LogP contribution in [0.4, 0.5) is 5.69 Å². The molecule has 162 valence electrons. The van der Waals surface area contributed by atoms with Crippen molar-refractivity contribution < 1.29 is 28.7 Å². The molecule has 0 radical (unpaired) electrons. The van der Waals surface area contributed by atoms with Gasteiger partial charge < -0.3 is 19.1 Å². The van der Waals surface area contributed by atoms with Crippen LogP contribution in [0.2, 0.25) is 0 Å². The van der Waals surface area contributed by atoms with Crippen molar-refractivity contribution in [3.05, 3.63) is 51.2 Å². The molecule has 4 atom stereocenters. The maximum atomic E-state index is 13.2. The number of non-ortho nitro benzene ring substituents is 1. The Balaban J connectivity index is 2.29. The minimum atomic E-state index is -1.08. The standard InChI is InChI=1S/C21H26N2O7/c1-6-29-20(25)18-17(14-8-7-9-15(10-14)23(26)27)16(19(24)28-5)13(3)22-11-12(2)30-21(18,22)4/h7-10,12,17-18H,6,11H2,1-5H3. The van der Waals surface area contributed by atoms with E-state index in [0.29, 0.717) is 17.8 Å². The summed E-state index contributed by atoms with van der Waals surface area (Å²) in [5, 5.41) is 11.4. The molecule has 3 rings (SSSR count). The highest BCUT2D eigenvalue weighted by Gasteiger charge is 2.60. The molecular formula is C21H26N2O7. The summed E-state index contributed by atoms with van der Waals surface area (Å²) in [6.07, 6.45) is -0.190. The second kappa shape index (κ2) is 8.06. The lowest BCUT2D eigenvalue weighted by Crippen LogP contribution is -2.57. The zero-order valence-electron chi connectivity index (χ0n) is 17.7. The normalized spacial score (nSPS) is 28.2. The molecule has 0 N–H and O–H groups in total. The molecule has 1 aromatic carbocycles. The van der Waals surface area contributed by atoms with Gasteiger partial charge in [-0.05, 0) is 33.3 Å². The number of allylic oxidation sites excluding steroid dienone is 1. The molecule has 1 fully saturated rings. The molecule has 2 aliphatic heterocycles. The van der Waals surface area contributed by atoms with E-state index >= 15 is 0 Å². The van der Waals surface area contributed by atoms with Crippen LogP contribution in [0.25, 0.3) is 0 Å². The monoisotopic (exact) mass is 418 g/mol. The molecule has 0 aromatic heterocycles. The van der Waals surface area contributed by atoms with Crippen LogP contribution in [0.1, 0.15) is 39.2 Å². The molecule has 0 spiro atoms. The van der Waals surface area contributed by atoms with Crippen molar-refractivity contribution >= 4 is 17.6 Å². The number of ether oxygens (including phenoxy) is 3. The number of hydrogen-bond acceptors (Lipinski definition) is 8. The largest absolute Gasteiger partial charge is 0.466 e. The number of benzene rings is 1. The van der Waals surface area contributed by atoms with E-state index in [0.717, 1.165) is 0 Å². The molecule has 0 amide bonds. The zero-order chi connectivity index (χ0) is 22.2. The Kier molecular flexibility index (Phi) is 5.85. The number of esters is 2. The quantitative estimate of drug-likeness (QED) is 0.408. The first-order chi connectivity index (χ1) is 14.2. The van der Waals surface area contributed by atoms with Crippen LogP contribution in [0.15, 0.2) is 35.5 Å². The number of nitrogens with zero attached hydrogens (tertiary/aromatic N) is 2. The molecule has 2 aliphatic rings. The molecule has 1 aromatic rings. The van der Waals surface area contributed by atoms with E-state index in [2.05, 4.69) is 0 Å². The molecule has 0 bridgehead atoms. The Morgan fingerprint density at radius 2 is 2.10 bits per heavy atom. The van der Waals surface area contributed by atoms with Gasteiger partial charge >= 0.3 is 11.9 Å². The van der Waals surface area contributed by atoms with E-state index in [1.54, 1.807) is 26.8 Å². The van der Waals surface area contributed by atoms with E-state index < -0.39 is 34.4 Å². The Morgan fingerprint density at radius 3 is 2.70 bits per heavy atom. The lowest BCUT2D eigenvalue weighted by Gasteiger charge is -2.48. The molecule has 2 heterocycles. The summed E-state index contributed by atoms with van der Waals surface area (Å²) in [5.74, 6) is -2.89. The number of methoxy groups -OCH3 is 1. The van der Waals surface area contributed by atoms with Crippen LogP contribution in [0.5, 0.6) is 0 Å². The van der Waals surface area contributed by atoms with Crippen LogP contribution in [-0.4, -0.2) is 53.9 Å². The molecule has 30 heavy (non-hydrogen) atoms. The van der Waals surface area contributed by atoms with Gasteiger partial charge in [0.15, 0.2) is 5.72 Å². The number of nitro groups is 1. The summed E-state index contributed by atoms with van der Waals surface area (Å²) >= 11 is 0. The van der Waals surface area contributed by atoms with Crippen molar-refractivity contribution in [3.8, 4) is 0 Å². The van der Waals surface area contributed by atoms with Crippen LogP contribution in [0.3, 0.4) is 0 Å². The smallest absolute Gasteiger partial charge is 0.336 e. The van der Waals surface area contributed by atoms with Crippen LogP contribution < -0.4 is 0 Å². The van der Waals surface area contributed by atoms with Crippen molar-refractivity contribution in [2.45, 2.75) is 45.4 Å². The first-order valence-electron chi connectivity index (χ1n) is 9.81. The Bertz CT molecular complexity index is 912. The Morgan fingerprint density at radius 1 is 1.40 bits per heavy atom. The third-order valence-electron chi connectivity index (χ3n) is 5.82. The van der Waals surface area contributed by atoms with E-state index in [1.807, 2.05) is 11.8 Å². The van der Waals surface area contributed by atoms with Gasteiger partial charge in [0.25, 0.3) is 5.69 Å². The molecule has 9 nitrogen and oxygen atoms in total. The number of hydrogen-bond donors (Lipinski definition) is 0. The van der Waals surface area contributed by atoms with Gasteiger partial charge in [-0.2, -0.15) is 0 Å². The summed E-state index contributed by atoms with van der Waals surface area (Å²) in [5.41, 5.74) is 0.121. The van der Waals surface area contributed by atoms with Gasteiger partial charge in [-0.1, -0.05) is 12.1 Å². The SMILES string of the molecule is CCOC(=O)C1C(c2cccc([N+](=O)[O-])c2)C(C(=O)OC)=C(C)N2CC(C)OC12C.